The van der Waals surface area contributed by atoms with Crippen molar-refractivity contribution in [1.29, 1.82) is 0 Å². The van der Waals surface area contributed by atoms with Crippen LogP contribution in [0.3, 0.4) is 0 Å². The average Bonchev–Trinajstić information content (AvgIpc) is 2.86. The molecule has 0 spiro atoms. The standard InChI is InChI=1S/C11H13N3S/c1-2-6-14-11(5-1)12-10(13-14)8-9-4-3-7-15-9/h3-4,7H,1-2,5-6,8H2. The van der Waals surface area contributed by atoms with Gasteiger partial charge in [0.05, 0.1) is 0 Å². The Labute approximate surface area is 92.8 Å². The first-order valence-corrected chi connectivity index (χ1v) is 6.25. The number of aryl methyl sites for hydroxylation is 2. The van der Waals surface area contributed by atoms with E-state index in [0.29, 0.717) is 0 Å². The molecule has 0 radical (unpaired) electrons. The van der Waals surface area contributed by atoms with Crippen LogP contribution in [0, 0.1) is 0 Å². The highest BCUT2D eigenvalue weighted by molar-refractivity contribution is 7.09. The Morgan fingerprint density at radius 1 is 1.40 bits per heavy atom. The zero-order chi connectivity index (χ0) is 10.1. The molecule has 3 rings (SSSR count). The van der Waals surface area contributed by atoms with Gasteiger partial charge in [0.1, 0.15) is 5.82 Å². The summed E-state index contributed by atoms with van der Waals surface area (Å²) in [5.41, 5.74) is 0. The van der Waals surface area contributed by atoms with Gasteiger partial charge in [0.2, 0.25) is 0 Å². The van der Waals surface area contributed by atoms with Crippen molar-refractivity contribution in [3.8, 4) is 0 Å². The van der Waals surface area contributed by atoms with E-state index in [1.807, 2.05) is 0 Å². The highest BCUT2D eigenvalue weighted by atomic mass is 32.1. The fourth-order valence-electron chi connectivity index (χ4n) is 1.98. The molecule has 0 unspecified atom stereocenters. The van der Waals surface area contributed by atoms with Gasteiger partial charge < -0.3 is 0 Å². The van der Waals surface area contributed by atoms with Crippen LogP contribution >= 0.6 is 11.3 Å². The second-order valence-electron chi connectivity index (χ2n) is 3.88. The van der Waals surface area contributed by atoms with Crippen LogP contribution in [0.1, 0.15) is 29.4 Å². The van der Waals surface area contributed by atoms with Gasteiger partial charge in [0.25, 0.3) is 0 Å². The van der Waals surface area contributed by atoms with Crippen molar-refractivity contribution < 1.29 is 0 Å². The first-order valence-electron chi connectivity index (χ1n) is 5.37. The van der Waals surface area contributed by atoms with Crippen molar-refractivity contribution in [2.45, 2.75) is 32.2 Å². The first kappa shape index (κ1) is 9.09. The van der Waals surface area contributed by atoms with E-state index >= 15 is 0 Å². The maximum Gasteiger partial charge on any atom is 0.156 e. The summed E-state index contributed by atoms with van der Waals surface area (Å²) in [6, 6.07) is 4.22. The molecule has 15 heavy (non-hydrogen) atoms. The summed E-state index contributed by atoms with van der Waals surface area (Å²) in [7, 11) is 0. The van der Waals surface area contributed by atoms with E-state index in [0.717, 1.165) is 25.2 Å². The summed E-state index contributed by atoms with van der Waals surface area (Å²) in [5.74, 6) is 2.15. The number of hydrogen-bond acceptors (Lipinski definition) is 3. The molecule has 1 aliphatic rings. The lowest BCUT2D eigenvalue weighted by molar-refractivity contribution is 0.478. The highest BCUT2D eigenvalue weighted by Gasteiger charge is 2.13. The molecule has 1 aliphatic heterocycles. The van der Waals surface area contributed by atoms with Gasteiger partial charge in [-0.15, -0.1) is 11.3 Å². The van der Waals surface area contributed by atoms with E-state index in [1.54, 1.807) is 11.3 Å². The van der Waals surface area contributed by atoms with Crippen molar-refractivity contribution in [2.75, 3.05) is 0 Å². The van der Waals surface area contributed by atoms with Gasteiger partial charge >= 0.3 is 0 Å². The van der Waals surface area contributed by atoms with E-state index in [9.17, 15) is 0 Å². The Kier molecular flexibility index (Phi) is 2.29. The Morgan fingerprint density at radius 2 is 2.40 bits per heavy atom. The van der Waals surface area contributed by atoms with E-state index in [-0.39, 0.29) is 0 Å². The first-order chi connectivity index (χ1) is 7.42. The number of fused-ring (bicyclic) bond motifs is 1. The molecule has 4 heteroatoms. The molecule has 0 amide bonds. The zero-order valence-corrected chi connectivity index (χ0v) is 9.33. The maximum atomic E-state index is 4.58. The summed E-state index contributed by atoms with van der Waals surface area (Å²) in [4.78, 5) is 5.93. The molecule has 2 aromatic rings. The third-order valence-corrected chi connectivity index (χ3v) is 3.60. The summed E-state index contributed by atoms with van der Waals surface area (Å²) in [5, 5.41) is 6.64. The number of rotatable bonds is 2. The van der Waals surface area contributed by atoms with Crippen LogP contribution in [0.4, 0.5) is 0 Å². The molecule has 78 valence electrons. The molecule has 0 saturated heterocycles. The van der Waals surface area contributed by atoms with Gasteiger partial charge in [0.15, 0.2) is 5.82 Å². The second-order valence-corrected chi connectivity index (χ2v) is 4.91. The lowest BCUT2D eigenvalue weighted by Crippen LogP contribution is -2.11. The summed E-state index contributed by atoms with van der Waals surface area (Å²) in [6.07, 6.45) is 4.49. The average molecular weight is 219 g/mol. The van der Waals surface area contributed by atoms with Crippen molar-refractivity contribution in [3.05, 3.63) is 34.0 Å². The maximum absolute atomic E-state index is 4.58. The second kappa shape index (κ2) is 3.77. The summed E-state index contributed by atoms with van der Waals surface area (Å²) in [6.45, 7) is 1.05. The molecule has 0 atom stereocenters. The van der Waals surface area contributed by atoms with E-state index in [4.69, 9.17) is 0 Å². The van der Waals surface area contributed by atoms with Crippen LogP contribution in [0.2, 0.25) is 0 Å². The van der Waals surface area contributed by atoms with Crippen molar-refractivity contribution >= 4 is 11.3 Å². The van der Waals surface area contributed by atoms with Crippen molar-refractivity contribution in [1.82, 2.24) is 14.8 Å². The predicted molar refractivity (Wildman–Crippen MR) is 60.1 cm³/mol. The van der Waals surface area contributed by atoms with E-state index < -0.39 is 0 Å². The van der Waals surface area contributed by atoms with Crippen LogP contribution in [0.5, 0.6) is 0 Å². The van der Waals surface area contributed by atoms with Crippen LogP contribution < -0.4 is 0 Å². The molecule has 3 heterocycles. The van der Waals surface area contributed by atoms with Gasteiger partial charge in [-0.3, -0.25) is 0 Å². The molecule has 2 aromatic heterocycles. The van der Waals surface area contributed by atoms with Crippen LogP contribution in [-0.2, 0) is 19.4 Å². The number of nitrogens with zero attached hydrogens (tertiary/aromatic N) is 3. The third kappa shape index (κ3) is 1.81. The van der Waals surface area contributed by atoms with E-state index in [1.165, 1.54) is 23.5 Å². The molecule has 0 aliphatic carbocycles. The molecule has 0 aromatic carbocycles. The molecule has 0 fully saturated rings. The Bertz CT molecular complexity index is 421. The minimum atomic E-state index is 0.887. The molecular weight excluding hydrogens is 206 g/mol. The van der Waals surface area contributed by atoms with Crippen molar-refractivity contribution in [3.63, 3.8) is 0 Å². The third-order valence-electron chi connectivity index (χ3n) is 2.72. The van der Waals surface area contributed by atoms with Crippen LogP contribution in [0.15, 0.2) is 17.5 Å². The lowest BCUT2D eigenvalue weighted by Gasteiger charge is -2.09. The fraction of sp³-hybridized carbons (Fsp3) is 0.455. The SMILES string of the molecule is c1csc(Cc2nc3n(n2)CCCC3)c1. The topological polar surface area (TPSA) is 30.7 Å². The highest BCUT2D eigenvalue weighted by Crippen LogP contribution is 2.16. The molecule has 0 N–H and O–H groups in total. The molecule has 0 saturated carbocycles. The van der Waals surface area contributed by atoms with Gasteiger partial charge in [-0.05, 0) is 24.3 Å². The largest absolute Gasteiger partial charge is 0.250 e. The number of aromatic nitrogens is 3. The Balaban J connectivity index is 1.84. The van der Waals surface area contributed by atoms with Crippen molar-refractivity contribution in [2.24, 2.45) is 0 Å². The van der Waals surface area contributed by atoms with Gasteiger partial charge in [-0.2, -0.15) is 5.10 Å². The molecule has 3 nitrogen and oxygen atoms in total. The Morgan fingerprint density at radius 3 is 3.20 bits per heavy atom. The minimum absolute atomic E-state index is 0.887. The molecule has 0 bridgehead atoms. The van der Waals surface area contributed by atoms with Gasteiger partial charge in [0, 0.05) is 24.3 Å². The quantitative estimate of drug-likeness (QED) is 0.775. The zero-order valence-electron chi connectivity index (χ0n) is 8.52. The van der Waals surface area contributed by atoms with E-state index in [2.05, 4.69) is 32.3 Å². The monoisotopic (exact) mass is 219 g/mol. The normalized spacial score (nSPS) is 15.2. The lowest BCUT2D eigenvalue weighted by atomic mass is 10.2. The van der Waals surface area contributed by atoms with Gasteiger partial charge in [-0.25, -0.2) is 9.67 Å². The minimum Gasteiger partial charge on any atom is -0.250 e. The Hall–Kier alpha value is -1.16. The number of hydrogen-bond donors (Lipinski definition) is 0. The van der Waals surface area contributed by atoms with Crippen LogP contribution in [-0.4, -0.2) is 14.8 Å². The van der Waals surface area contributed by atoms with Gasteiger partial charge in [-0.1, -0.05) is 6.07 Å². The summed E-state index contributed by atoms with van der Waals surface area (Å²) >= 11 is 1.77. The van der Waals surface area contributed by atoms with Crippen LogP contribution in [0.25, 0.3) is 0 Å². The number of thiophene rings is 1. The fourth-order valence-corrected chi connectivity index (χ4v) is 2.68. The smallest absolute Gasteiger partial charge is 0.156 e. The molecular formula is C11H13N3S. The predicted octanol–water partition coefficient (Wildman–Crippen LogP) is 2.27. The summed E-state index contributed by atoms with van der Waals surface area (Å²) < 4.78 is 2.08.